The fraction of sp³-hybridized carbons (Fsp3) is 0.867. The third kappa shape index (κ3) is 1.95. The minimum Gasteiger partial charge on any atom is -0.298 e. The zero-order valence-corrected chi connectivity index (χ0v) is 13.2. The van der Waals surface area contributed by atoms with Gasteiger partial charge in [0.05, 0.1) is 5.92 Å². The van der Waals surface area contributed by atoms with E-state index in [2.05, 4.69) is 0 Å². The summed E-state index contributed by atoms with van der Waals surface area (Å²) in [5.41, 5.74) is -2.05. The molecule has 1 unspecified atom stereocenters. The lowest BCUT2D eigenvalue weighted by Crippen LogP contribution is -2.59. The molecule has 2 fully saturated rings. The summed E-state index contributed by atoms with van der Waals surface area (Å²) in [5.74, 6) is -19.2. The third-order valence-corrected chi connectivity index (χ3v) is 6.14. The fourth-order valence-electron chi connectivity index (χ4n) is 4.58. The number of hydrogen-bond acceptors (Lipinski definition) is 2. The average Bonchev–Trinajstić information content (AvgIpc) is 2.78. The smallest absolute Gasteiger partial charge is 0.298 e. The van der Waals surface area contributed by atoms with E-state index in [1.807, 2.05) is 0 Å². The molecule has 0 aromatic heterocycles. The zero-order valence-electron chi connectivity index (χ0n) is 13.2. The van der Waals surface area contributed by atoms with Gasteiger partial charge in [-0.25, -0.2) is 0 Å². The predicted molar refractivity (Wildman–Crippen MR) is 68.7 cm³/mol. The van der Waals surface area contributed by atoms with Crippen molar-refractivity contribution in [1.82, 2.24) is 0 Å². The molecule has 0 radical (unpaired) electrons. The summed E-state index contributed by atoms with van der Waals surface area (Å²) in [4.78, 5) is 24.5. The summed E-state index contributed by atoms with van der Waals surface area (Å²) in [6.45, 7) is 4.75. The molecule has 0 spiro atoms. The molecular weight excluding hydrogens is 345 g/mol. The summed E-state index contributed by atoms with van der Waals surface area (Å²) in [6.07, 6.45) is -5.91. The summed E-state index contributed by atoms with van der Waals surface area (Å²) in [7, 11) is 0. The van der Waals surface area contributed by atoms with Crippen LogP contribution < -0.4 is 0 Å². The monoisotopic (exact) mass is 362 g/mol. The molecule has 0 heterocycles. The van der Waals surface area contributed by atoms with Crippen LogP contribution in [0.2, 0.25) is 0 Å². The highest BCUT2D eigenvalue weighted by atomic mass is 19.4. The van der Waals surface area contributed by atoms with Crippen molar-refractivity contribution in [3.63, 3.8) is 0 Å². The second kappa shape index (κ2) is 4.94. The zero-order chi connectivity index (χ0) is 18.9. The molecule has 2 bridgehead atoms. The van der Waals surface area contributed by atoms with Crippen LogP contribution in [0.4, 0.5) is 30.7 Å². The Hall–Kier alpha value is -1.15. The van der Waals surface area contributed by atoms with Crippen LogP contribution in [0, 0.1) is 22.7 Å². The van der Waals surface area contributed by atoms with Gasteiger partial charge in [-0.05, 0) is 30.6 Å². The van der Waals surface area contributed by atoms with Gasteiger partial charge in [0.1, 0.15) is 0 Å². The van der Waals surface area contributed by atoms with Crippen molar-refractivity contribution in [2.45, 2.75) is 58.1 Å². The molecule has 2 aliphatic carbocycles. The molecule has 24 heavy (non-hydrogen) atoms. The van der Waals surface area contributed by atoms with Crippen LogP contribution in [0.5, 0.6) is 0 Å². The topological polar surface area (TPSA) is 34.1 Å². The minimum atomic E-state index is -6.59. The van der Waals surface area contributed by atoms with Crippen molar-refractivity contribution in [1.29, 1.82) is 0 Å². The standard InChI is InChI=1S/C15H17F7O2/c1-4-12-6-5-7(11(12,2)3)8(9(12)23)10(24)13(16,17)14(18,19)15(20,21)22/h7-8H,4-6H2,1-3H3/t7-,8?,12+/m1/s1. The number of alkyl halides is 7. The molecule has 0 aromatic carbocycles. The Kier molecular flexibility index (Phi) is 3.95. The van der Waals surface area contributed by atoms with E-state index in [1.165, 1.54) is 0 Å². The van der Waals surface area contributed by atoms with E-state index in [-0.39, 0.29) is 12.8 Å². The highest BCUT2D eigenvalue weighted by Crippen LogP contribution is 2.68. The Balaban J connectivity index is 2.47. The van der Waals surface area contributed by atoms with Crippen LogP contribution in [0.15, 0.2) is 0 Å². The maximum atomic E-state index is 13.7. The van der Waals surface area contributed by atoms with Gasteiger partial charge in [-0.2, -0.15) is 30.7 Å². The number of carbonyl (C=O) groups excluding carboxylic acids is 2. The van der Waals surface area contributed by atoms with Gasteiger partial charge in [0.15, 0.2) is 5.78 Å². The first kappa shape index (κ1) is 19.2. The summed E-state index contributed by atoms with van der Waals surface area (Å²) < 4.78 is 90.7. The number of halogens is 7. The normalized spacial score (nSPS) is 33.2. The van der Waals surface area contributed by atoms with E-state index >= 15 is 0 Å². The van der Waals surface area contributed by atoms with Crippen LogP contribution in [0.1, 0.15) is 40.0 Å². The van der Waals surface area contributed by atoms with Gasteiger partial charge in [-0.3, -0.25) is 9.59 Å². The molecule has 2 rings (SSSR count). The summed E-state index contributed by atoms with van der Waals surface area (Å²) in [6, 6.07) is 0. The molecule has 3 atom stereocenters. The lowest BCUT2D eigenvalue weighted by atomic mass is 9.67. The van der Waals surface area contributed by atoms with Crippen molar-refractivity contribution in [2.24, 2.45) is 22.7 Å². The van der Waals surface area contributed by atoms with Gasteiger partial charge in [-0.1, -0.05) is 20.8 Å². The number of Topliss-reactive ketones (excluding diaryl/α,β-unsaturated/α-hetero) is 2. The molecule has 0 N–H and O–H groups in total. The van der Waals surface area contributed by atoms with Crippen LogP contribution in [-0.2, 0) is 9.59 Å². The van der Waals surface area contributed by atoms with Crippen molar-refractivity contribution in [3.05, 3.63) is 0 Å². The Bertz CT molecular complexity index is 579. The number of ketones is 2. The van der Waals surface area contributed by atoms with E-state index < -0.39 is 52.3 Å². The summed E-state index contributed by atoms with van der Waals surface area (Å²) in [5, 5.41) is 0. The first-order valence-corrected chi connectivity index (χ1v) is 7.50. The van der Waals surface area contributed by atoms with Gasteiger partial charge < -0.3 is 0 Å². The molecule has 2 nitrogen and oxygen atoms in total. The van der Waals surface area contributed by atoms with Gasteiger partial charge in [0, 0.05) is 5.41 Å². The molecule has 2 aliphatic rings. The largest absolute Gasteiger partial charge is 0.460 e. The van der Waals surface area contributed by atoms with E-state index in [0.29, 0.717) is 6.42 Å². The van der Waals surface area contributed by atoms with Crippen molar-refractivity contribution < 1.29 is 40.3 Å². The molecule has 0 saturated heterocycles. The Labute approximate surface area is 133 Å². The quantitative estimate of drug-likeness (QED) is 0.548. The van der Waals surface area contributed by atoms with Crippen LogP contribution >= 0.6 is 0 Å². The van der Waals surface area contributed by atoms with Gasteiger partial charge in [-0.15, -0.1) is 0 Å². The Morgan fingerprint density at radius 2 is 1.62 bits per heavy atom. The van der Waals surface area contributed by atoms with E-state index in [0.717, 1.165) is 0 Å². The third-order valence-electron chi connectivity index (χ3n) is 6.14. The maximum Gasteiger partial charge on any atom is 0.460 e. The lowest BCUT2D eigenvalue weighted by Gasteiger charge is -2.35. The first-order chi connectivity index (χ1) is 10.6. The second-order valence-electron chi connectivity index (χ2n) is 7.16. The lowest BCUT2D eigenvalue weighted by molar-refractivity contribution is -0.344. The van der Waals surface area contributed by atoms with Crippen molar-refractivity contribution >= 4 is 11.6 Å². The second-order valence-corrected chi connectivity index (χ2v) is 7.16. The van der Waals surface area contributed by atoms with Crippen LogP contribution in [0.25, 0.3) is 0 Å². The van der Waals surface area contributed by atoms with Gasteiger partial charge in [0.2, 0.25) is 5.78 Å². The fourth-order valence-corrected chi connectivity index (χ4v) is 4.58. The molecule has 138 valence electrons. The summed E-state index contributed by atoms with van der Waals surface area (Å²) >= 11 is 0. The minimum absolute atomic E-state index is 0.163. The van der Waals surface area contributed by atoms with Crippen molar-refractivity contribution in [2.75, 3.05) is 0 Å². The van der Waals surface area contributed by atoms with Crippen molar-refractivity contribution in [3.8, 4) is 0 Å². The highest BCUT2D eigenvalue weighted by molar-refractivity contribution is 6.11. The Morgan fingerprint density at radius 3 is 2.00 bits per heavy atom. The van der Waals surface area contributed by atoms with Gasteiger partial charge in [0.25, 0.3) is 0 Å². The molecule has 0 aromatic rings. The maximum absolute atomic E-state index is 13.7. The van der Waals surface area contributed by atoms with Crippen LogP contribution in [0.3, 0.4) is 0 Å². The molecular formula is C15H17F7O2. The molecule has 0 amide bonds. The first-order valence-electron chi connectivity index (χ1n) is 7.50. The highest BCUT2D eigenvalue weighted by Gasteiger charge is 2.79. The van der Waals surface area contributed by atoms with E-state index in [4.69, 9.17) is 0 Å². The van der Waals surface area contributed by atoms with E-state index in [1.54, 1.807) is 20.8 Å². The number of fused-ring (bicyclic) bond motifs is 2. The molecule has 0 aliphatic heterocycles. The Morgan fingerprint density at radius 1 is 1.12 bits per heavy atom. The molecule has 9 heteroatoms. The molecule has 2 saturated carbocycles. The number of hydrogen-bond donors (Lipinski definition) is 0. The average molecular weight is 362 g/mol. The number of carbonyl (C=O) groups is 2. The SMILES string of the molecule is CC[C@]12CC[C@H](C(C(=O)C(F)(F)C(F)(F)C(F)(F)F)C1=O)C2(C)C. The van der Waals surface area contributed by atoms with Crippen LogP contribution in [-0.4, -0.2) is 29.6 Å². The van der Waals surface area contributed by atoms with Gasteiger partial charge >= 0.3 is 18.0 Å². The predicted octanol–water partition coefficient (Wildman–Crippen LogP) is 4.42. The number of rotatable bonds is 4. The van der Waals surface area contributed by atoms with E-state index in [9.17, 15) is 40.3 Å².